The van der Waals surface area contributed by atoms with Crippen LogP contribution in [0.2, 0.25) is 0 Å². The van der Waals surface area contributed by atoms with Gasteiger partial charge in [-0.25, -0.2) is 9.59 Å². The Hall–Kier alpha value is -3.03. The number of carbonyl (C=O) groups excluding carboxylic acids is 1. The van der Waals surface area contributed by atoms with E-state index in [1.807, 2.05) is 0 Å². The number of aliphatic carboxylic acids is 1. The van der Waals surface area contributed by atoms with Crippen molar-refractivity contribution < 1.29 is 49.0 Å². The molecule has 12 nitrogen and oxygen atoms in total. The van der Waals surface area contributed by atoms with Gasteiger partial charge in [-0.05, 0) is 13.0 Å². The largest absolute Gasteiger partial charge is 0.476 e. The van der Waals surface area contributed by atoms with Crippen molar-refractivity contribution in [1.29, 1.82) is 0 Å². The number of carbonyl (C=O) groups is 2. The Labute approximate surface area is 187 Å². The minimum absolute atomic E-state index is 0.242. The Morgan fingerprint density at radius 1 is 1.30 bits per heavy atom. The van der Waals surface area contributed by atoms with Crippen LogP contribution in [0.3, 0.4) is 0 Å². The summed E-state index contributed by atoms with van der Waals surface area (Å²) in [5, 5.41) is 53.0. The summed E-state index contributed by atoms with van der Waals surface area (Å²) in [5.41, 5.74) is -0.509. The SMILES string of the molecule is CC(=O)N[C@@H]1[C@@H](O)CC(Oc2c(C)c3ccccc3oc2=O)(C(=O)O)O[C@H]1C(O)C(O)CO. The lowest BCUT2D eigenvalue weighted by Gasteiger charge is -2.46. The molecule has 2 heterocycles. The monoisotopic (exact) mass is 467 g/mol. The summed E-state index contributed by atoms with van der Waals surface area (Å²) in [5.74, 6) is -5.56. The topological polar surface area (TPSA) is 196 Å². The van der Waals surface area contributed by atoms with Gasteiger partial charge in [0.15, 0.2) is 0 Å². The number of benzene rings is 1. The molecule has 1 saturated heterocycles. The van der Waals surface area contributed by atoms with Gasteiger partial charge in [0, 0.05) is 17.9 Å². The first-order valence-corrected chi connectivity index (χ1v) is 10.1. The fourth-order valence-corrected chi connectivity index (χ4v) is 3.80. The quantitative estimate of drug-likeness (QED) is 0.263. The van der Waals surface area contributed by atoms with Crippen LogP contribution in [0.25, 0.3) is 11.0 Å². The number of ether oxygens (including phenoxy) is 2. The predicted molar refractivity (Wildman–Crippen MR) is 110 cm³/mol. The van der Waals surface area contributed by atoms with Gasteiger partial charge in [0.25, 0.3) is 0 Å². The third-order valence-electron chi connectivity index (χ3n) is 5.47. The maximum atomic E-state index is 12.6. The van der Waals surface area contributed by atoms with E-state index in [1.165, 1.54) is 6.92 Å². The molecule has 0 spiro atoms. The van der Waals surface area contributed by atoms with Crippen molar-refractivity contribution in [3.8, 4) is 5.75 Å². The number of aliphatic hydroxyl groups is 4. The summed E-state index contributed by atoms with van der Waals surface area (Å²) < 4.78 is 16.3. The van der Waals surface area contributed by atoms with Gasteiger partial charge < -0.3 is 44.7 Å². The van der Waals surface area contributed by atoms with E-state index in [0.717, 1.165) is 6.92 Å². The fraction of sp³-hybridized carbons (Fsp3) is 0.476. The summed E-state index contributed by atoms with van der Waals surface area (Å²) in [4.78, 5) is 36.4. The second-order valence-corrected chi connectivity index (χ2v) is 7.82. The van der Waals surface area contributed by atoms with Gasteiger partial charge in [-0.2, -0.15) is 0 Å². The van der Waals surface area contributed by atoms with Crippen LogP contribution in [0.4, 0.5) is 0 Å². The molecule has 33 heavy (non-hydrogen) atoms. The van der Waals surface area contributed by atoms with E-state index in [0.29, 0.717) is 5.39 Å². The molecule has 180 valence electrons. The average molecular weight is 467 g/mol. The summed E-state index contributed by atoms with van der Waals surface area (Å²) in [6, 6.07) is 5.13. The molecule has 1 amide bonds. The predicted octanol–water partition coefficient (Wildman–Crippen LogP) is -1.37. The summed E-state index contributed by atoms with van der Waals surface area (Å²) >= 11 is 0. The lowest BCUT2D eigenvalue weighted by molar-refractivity contribution is -0.285. The van der Waals surface area contributed by atoms with Crippen molar-refractivity contribution in [3.63, 3.8) is 0 Å². The van der Waals surface area contributed by atoms with E-state index >= 15 is 0 Å². The van der Waals surface area contributed by atoms with Gasteiger partial charge >= 0.3 is 17.4 Å². The molecule has 6 atom stereocenters. The first kappa shape index (κ1) is 24.6. The summed E-state index contributed by atoms with van der Waals surface area (Å²) in [6.45, 7) is 1.71. The molecule has 1 aromatic heterocycles. The van der Waals surface area contributed by atoms with Crippen molar-refractivity contribution in [2.24, 2.45) is 0 Å². The molecule has 0 saturated carbocycles. The van der Waals surface area contributed by atoms with Crippen molar-refractivity contribution in [2.75, 3.05) is 6.61 Å². The smallest absolute Gasteiger partial charge is 0.379 e. The van der Waals surface area contributed by atoms with Crippen LogP contribution < -0.4 is 15.7 Å². The van der Waals surface area contributed by atoms with Crippen molar-refractivity contribution in [2.45, 2.75) is 56.5 Å². The fourth-order valence-electron chi connectivity index (χ4n) is 3.80. The summed E-state index contributed by atoms with van der Waals surface area (Å²) in [7, 11) is 0. The number of aliphatic hydroxyl groups excluding tert-OH is 4. The zero-order valence-corrected chi connectivity index (χ0v) is 17.8. The highest BCUT2D eigenvalue weighted by atomic mass is 16.7. The lowest BCUT2D eigenvalue weighted by atomic mass is 9.88. The Bertz CT molecular complexity index is 1100. The third kappa shape index (κ3) is 4.70. The molecular weight excluding hydrogens is 442 g/mol. The van der Waals surface area contributed by atoms with E-state index in [-0.39, 0.29) is 11.1 Å². The van der Waals surface area contributed by atoms with E-state index in [9.17, 15) is 39.9 Å². The number of hydrogen-bond donors (Lipinski definition) is 6. The Morgan fingerprint density at radius 3 is 2.58 bits per heavy atom. The van der Waals surface area contributed by atoms with Gasteiger partial charge in [-0.15, -0.1) is 0 Å². The Morgan fingerprint density at radius 2 is 1.97 bits per heavy atom. The van der Waals surface area contributed by atoms with Crippen LogP contribution in [0.5, 0.6) is 5.75 Å². The minimum Gasteiger partial charge on any atom is -0.476 e. The first-order chi connectivity index (χ1) is 15.5. The number of hydrogen-bond acceptors (Lipinski definition) is 10. The number of fused-ring (bicyclic) bond motifs is 1. The van der Waals surface area contributed by atoms with E-state index in [4.69, 9.17) is 13.9 Å². The normalized spacial score (nSPS) is 27.0. The van der Waals surface area contributed by atoms with Gasteiger partial charge in [-0.1, -0.05) is 18.2 Å². The maximum absolute atomic E-state index is 12.6. The number of aryl methyl sites for hydroxylation is 1. The number of carboxylic acids is 1. The van der Waals surface area contributed by atoms with E-state index < -0.39 is 72.5 Å². The van der Waals surface area contributed by atoms with Crippen LogP contribution >= 0.6 is 0 Å². The van der Waals surface area contributed by atoms with Crippen LogP contribution in [0, 0.1) is 6.92 Å². The Kier molecular flexibility index (Phi) is 7.05. The van der Waals surface area contributed by atoms with Crippen molar-refractivity contribution in [3.05, 3.63) is 40.2 Å². The highest BCUT2D eigenvalue weighted by molar-refractivity contribution is 5.82. The zero-order chi connectivity index (χ0) is 24.5. The molecule has 6 N–H and O–H groups in total. The molecule has 1 fully saturated rings. The first-order valence-electron chi connectivity index (χ1n) is 10.1. The van der Waals surface area contributed by atoms with Crippen LogP contribution in [0.15, 0.2) is 33.5 Å². The van der Waals surface area contributed by atoms with Crippen LogP contribution in [-0.4, -0.2) is 80.3 Å². The maximum Gasteiger partial charge on any atom is 0.379 e. The van der Waals surface area contributed by atoms with Crippen LogP contribution in [-0.2, 0) is 14.3 Å². The molecule has 0 aliphatic carbocycles. The van der Waals surface area contributed by atoms with Crippen LogP contribution in [0.1, 0.15) is 18.9 Å². The number of para-hydroxylation sites is 1. The molecule has 1 aliphatic heterocycles. The lowest BCUT2D eigenvalue weighted by Crippen LogP contribution is -2.68. The van der Waals surface area contributed by atoms with Gasteiger partial charge in [0.05, 0.1) is 25.2 Å². The molecular formula is C21H25NO11. The second kappa shape index (κ2) is 9.45. The van der Waals surface area contributed by atoms with E-state index in [1.54, 1.807) is 24.3 Å². The average Bonchev–Trinajstić information content (AvgIpc) is 2.76. The molecule has 1 aliphatic rings. The van der Waals surface area contributed by atoms with Gasteiger partial charge in [-0.3, -0.25) is 4.79 Å². The number of rotatable bonds is 7. The molecule has 3 unspecified atom stereocenters. The summed E-state index contributed by atoms with van der Waals surface area (Å²) in [6.07, 6.45) is -7.85. The van der Waals surface area contributed by atoms with Gasteiger partial charge in [0.2, 0.25) is 11.7 Å². The van der Waals surface area contributed by atoms with Crippen molar-refractivity contribution in [1.82, 2.24) is 5.32 Å². The number of amides is 1. The molecule has 1 aromatic carbocycles. The number of carboxylic acid groups (broad SMARTS) is 1. The zero-order valence-electron chi connectivity index (χ0n) is 17.8. The minimum atomic E-state index is -2.70. The van der Waals surface area contributed by atoms with E-state index in [2.05, 4.69) is 5.32 Å². The highest BCUT2D eigenvalue weighted by Gasteiger charge is 2.57. The Balaban J connectivity index is 2.08. The van der Waals surface area contributed by atoms with Gasteiger partial charge in [0.1, 0.15) is 23.9 Å². The molecule has 0 bridgehead atoms. The molecule has 3 rings (SSSR count). The molecule has 12 heteroatoms. The second-order valence-electron chi connectivity index (χ2n) is 7.82. The number of nitrogens with one attached hydrogen (secondary N) is 1. The standard InChI is InChI=1S/C21H25NO11/c1-9-11-5-3-4-6-14(11)31-19(28)17(9)32-21(20(29)30)7-12(25)15(22-10(2)24)18(33-21)16(27)13(26)8-23/h3-6,12-13,15-16,18,23,25-27H,7-8H2,1-2H3,(H,22,24)(H,29,30)/t12-,13?,15+,16?,18+,21?/m0/s1. The molecule has 2 aromatic rings. The highest BCUT2D eigenvalue weighted by Crippen LogP contribution is 2.36. The molecule has 0 radical (unpaired) electrons. The third-order valence-corrected chi connectivity index (χ3v) is 5.47. The van der Waals surface area contributed by atoms with Crippen molar-refractivity contribution >= 4 is 22.8 Å².